The molecule has 0 spiro atoms. The van der Waals surface area contributed by atoms with Crippen LogP contribution in [0.25, 0.3) is 10.9 Å². The van der Waals surface area contributed by atoms with E-state index in [0.717, 1.165) is 0 Å². The molecular weight excluding hydrogens is 204 g/mol. The Morgan fingerprint density at radius 3 is 2.81 bits per heavy atom. The normalized spacial score (nSPS) is 10.4. The van der Waals surface area contributed by atoms with Gasteiger partial charge in [0.2, 0.25) is 0 Å². The van der Waals surface area contributed by atoms with Gasteiger partial charge in [-0.3, -0.25) is 4.79 Å². The van der Waals surface area contributed by atoms with Crippen molar-refractivity contribution in [3.8, 4) is 0 Å². The van der Waals surface area contributed by atoms with Gasteiger partial charge in [0, 0.05) is 20.6 Å². The van der Waals surface area contributed by atoms with E-state index in [0.29, 0.717) is 12.2 Å². The molecule has 0 amide bonds. The van der Waals surface area contributed by atoms with Crippen LogP contribution in [0.15, 0.2) is 17.3 Å². The highest BCUT2D eigenvalue weighted by atomic mass is 16.1. The van der Waals surface area contributed by atoms with E-state index in [9.17, 15) is 4.79 Å². The lowest BCUT2D eigenvalue weighted by atomic mass is 10.3. The van der Waals surface area contributed by atoms with E-state index in [4.69, 9.17) is 6.57 Å². The first kappa shape index (κ1) is 12.0. The van der Waals surface area contributed by atoms with Crippen molar-refractivity contribution in [2.75, 3.05) is 14.1 Å². The van der Waals surface area contributed by atoms with Gasteiger partial charge < -0.3 is 9.47 Å². The molecule has 16 heavy (non-hydrogen) atoms. The molecule has 5 heteroatoms. The fourth-order valence-electron chi connectivity index (χ4n) is 1.24. The topological polar surface area (TPSA) is 42.5 Å². The van der Waals surface area contributed by atoms with Crippen LogP contribution in [0, 0.1) is 6.57 Å². The summed E-state index contributed by atoms with van der Waals surface area (Å²) in [5.41, 5.74) is 0.201. The molecule has 0 saturated carbocycles. The molecule has 5 nitrogen and oxygen atoms in total. The van der Waals surface area contributed by atoms with Gasteiger partial charge in [-0.05, 0) is 19.2 Å². The van der Waals surface area contributed by atoms with Gasteiger partial charge in [0.05, 0.1) is 18.6 Å². The molecule has 0 aliphatic carbocycles. The number of aromatic nitrogens is 2. The van der Waals surface area contributed by atoms with E-state index in [1.165, 1.54) is 6.33 Å². The van der Waals surface area contributed by atoms with Crippen molar-refractivity contribution >= 4 is 11.8 Å². The lowest BCUT2D eigenvalue weighted by molar-refractivity contribution is 0.566. The van der Waals surface area contributed by atoms with Gasteiger partial charge in [-0.25, -0.2) is 9.83 Å². The first-order chi connectivity index (χ1) is 7.60. The quantitative estimate of drug-likeness (QED) is 0.719. The van der Waals surface area contributed by atoms with Gasteiger partial charge in [0.1, 0.15) is 0 Å². The summed E-state index contributed by atoms with van der Waals surface area (Å²) in [5.74, 6) is 0. The molecule has 0 unspecified atom stereocenters. The van der Waals surface area contributed by atoms with Crippen molar-refractivity contribution in [2.24, 2.45) is 0 Å². The summed E-state index contributed by atoms with van der Waals surface area (Å²) in [6.45, 7) is 9.61. The molecule has 0 fully saturated rings. The highest BCUT2D eigenvalue weighted by molar-refractivity contribution is 5.62. The van der Waals surface area contributed by atoms with Crippen LogP contribution < -0.4 is 5.56 Å². The molecule has 0 radical (unpaired) electrons. The summed E-state index contributed by atoms with van der Waals surface area (Å²) in [5, 5.41) is 0. The third-order valence-corrected chi connectivity index (χ3v) is 2.05. The van der Waals surface area contributed by atoms with Crippen molar-refractivity contribution in [2.45, 2.75) is 13.5 Å². The second-order valence-electron chi connectivity index (χ2n) is 3.46. The van der Waals surface area contributed by atoms with Crippen molar-refractivity contribution in [3.63, 3.8) is 0 Å². The van der Waals surface area contributed by atoms with Crippen LogP contribution in [0.5, 0.6) is 0 Å². The third-order valence-electron chi connectivity index (χ3n) is 2.05. The molecule has 0 N–H and O–H groups in total. The number of aryl methyl sites for hydroxylation is 1. The van der Waals surface area contributed by atoms with Crippen LogP contribution in [0.2, 0.25) is 0 Å². The Kier molecular flexibility index (Phi) is 3.84. The Morgan fingerprint density at radius 2 is 2.31 bits per heavy atom. The summed E-state index contributed by atoms with van der Waals surface area (Å²) >= 11 is 0. The number of rotatable bonds is 3. The minimum absolute atomic E-state index is 0.0717. The Labute approximate surface area is 94.5 Å². The highest BCUT2D eigenvalue weighted by Crippen LogP contribution is 2.14. The van der Waals surface area contributed by atoms with Gasteiger partial charge in [-0.15, -0.1) is 0 Å². The fourth-order valence-corrected chi connectivity index (χ4v) is 1.24. The van der Waals surface area contributed by atoms with Gasteiger partial charge in [-0.2, -0.15) is 0 Å². The standard InChI is InChI=1S/C11H14N4O/c1-5-15-8-13-11(16)10(12-2)9(15)6-7-14(3)4/h6-8H,5H2,1,3-4H3. The summed E-state index contributed by atoms with van der Waals surface area (Å²) in [4.78, 5) is 20.1. The zero-order valence-corrected chi connectivity index (χ0v) is 9.64. The predicted octanol–water partition coefficient (Wildman–Crippen LogP) is 1.35. The highest BCUT2D eigenvalue weighted by Gasteiger charge is 2.08. The molecule has 84 valence electrons. The zero-order chi connectivity index (χ0) is 12.1. The molecule has 1 rings (SSSR count). The van der Waals surface area contributed by atoms with Crippen LogP contribution in [0.4, 0.5) is 5.69 Å². The summed E-state index contributed by atoms with van der Waals surface area (Å²) in [7, 11) is 3.76. The average Bonchev–Trinajstić information content (AvgIpc) is 2.26. The number of nitrogens with zero attached hydrogens (tertiary/aromatic N) is 4. The van der Waals surface area contributed by atoms with E-state index in [1.807, 2.05) is 25.9 Å². The molecule has 0 bridgehead atoms. The predicted molar refractivity (Wildman–Crippen MR) is 63.2 cm³/mol. The molecule has 1 heterocycles. The van der Waals surface area contributed by atoms with Gasteiger partial charge in [0.25, 0.3) is 11.2 Å². The monoisotopic (exact) mass is 218 g/mol. The second kappa shape index (κ2) is 5.12. The van der Waals surface area contributed by atoms with Gasteiger partial charge in [0.15, 0.2) is 0 Å². The van der Waals surface area contributed by atoms with E-state index >= 15 is 0 Å². The van der Waals surface area contributed by atoms with E-state index in [2.05, 4.69) is 9.83 Å². The fraction of sp³-hybridized carbons (Fsp3) is 0.364. The zero-order valence-electron chi connectivity index (χ0n) is 9.64. The SMILES string of the molecule is [C-]#[N+]c1c(C=CN(C)C)n(CC)cnc1=O. The number of hydrogen-bond donors (Lipinski definition) is 0. The lowest BCUT2D eigenvalue weighted by Gasteiger charge is -2.10. The Bertz CT molecular complexity index is 494. The maximum Gasteiger partial charge on any atom is 0.279 e. The van der Waals surface area contributed by atoms with Crippen LogP contribution in [-0.4, -0.2) is 28.5 Å². The maximum atomic E-state index is 11.4. The minimum Gasteiger partial charge on any atom is -0.383 e. The van der Waals surface area contributed by atoms with Crippen LogP contribution in [0.1, 0.15) is 12.6 Å². The number of hydrogen-bond acceptors (Lipinski definition) is 3. The molecule has 1 aromatic rings. The van der Waals surface area contributed by atoms with Crippen molar-refractivity contribution in [1.29, 1.82) is 0 Å². The lowest BCUT2D eigenvalue weighted by Crippen LogP contribution is -2.13. The third kappa shape index (κ3) is 2.48. The average molecular weight is 218 g/mol. The first-order valence-corrected chi connectivity index (χ1v) is 4.91. The van der Waals surface area contributed by atoms with E-state index in [-0.39, 0.29) is 5.69 Å². The summed E-state index contributed by atoms with van der Waals surface area (Å²) in [6.07, 6.45) is 5.02. The summed E-state index contributed by atoms with van der Waals surface area (Å²) in [6, 6.07) is 0. The summed E-state index contributed by atoms with van der Waals surface area (Å²) < 4.78 is 1.77. The second-order valence-corrected chi connectivity index (χ2v) is 3.46. The molecular formula is C11H14N4O. The minimum atomic E-state index is -0.474. The van der Waals surface area contributed by atoms with Gasteiger partial charge >= 0.3 is 0 Å². The molecule has 0 aliphatic heterocycles. The first-order valence-electron chi connectivity index (χ1n) is 4.91. The van der Waals surface area contributed by atoms with Crippen LogP contribution >= 0.6 is 0 Å². The Hall–Kier alpha value is -2.09. The van der Waals surface area contributed by atoms with Crippen LogP contribution in [-0.2, 0) is 6.54 Å². The molecule has 0 aliphatic rings. The Balaban J connectivity index is 3.38. The van der Waals surface area contributed by atoms with Crippen molar-refractivity contribution in [3.05, 3.63) is 40.0 Å². The Morgan fingerprint density at radius 1 is 1.62 bits per heavy atom. The largest absolute Gasteiger partial charge is 0.383 e. The van der Waals surface area contributed by atoms with Gasteiger partial charge in [-0.1, -0.05) is 0 Å². The smallest absolute Gasteiger partial charge is 0.279 e. The van der Waals surface area contributed by atoms with Crippen molar-refractivity contribution in [1.82, 2.24) is 14.5 Å². The van der Waals surface area contributed by atoms with E-state index in [1.54, 1.807) is 16.8 Å². The molecule has 1 aromatic heterocycles. The van der Waals surface area contributed by atoms with E-state index < -0.39 is 5.56 Å². The maximum absolute atomic E-state index is 11.4. The molecule has 0 atom stereocenters. The molecule has 0 saturated heterocycles. The molecule has 0 aromatic carbocycles. The van der Waals surface area contributed by atoms with Crippen LogP contribution in [0.3, 0.4) is 0 Å². The van der Waals surface area contributed by atoms with Crippen molar-refractivity contribution < 1.29 is 0 Å².